The summed E-state index contributed by atoms with van der Waals surface area (Å²) in [6.07, 6.45) is 8.36. The standard InChI is InChI=1S/C10H19Cl/c1-2-5-9-8-10(9)6-3-4-7-11/h9-10H,2-8H2,1H3. The van der Waals surface area contributed by atoms with E-state index in [9.17, 15) is 0 Å². The molecule has 0 heterocycles. The van der Waals surface area contributed by atoms with E-state index in [1.54, 1.807) is 0 Å². The van der Waals surface area contributed by atoms with Gasteiger partial charge in [0.1, 0.15) is 0 Å². The second-order valence-electron chi connectivity index (χ2n) is 3.73. The van der Waals surface area contributed by atoms with Crippen molar-refractivity contribution in [3.8, 4) is 0 Å². The number of rotatable bonds is 6. The van der Waals surface area contributed by atoms with Gasteiger partial charge in [0, 0.05) is 5.88 Å². The largest absolute Gasteiger partial charge is 0.127 e. The van der Waals surface area contributed by atoms with Gasteiger partial charge in [0.25, 0.3) is 0 Å². The fourth-order valence-corrected chi connectivity index (χ4v) is 2.08. The maximum atomic E-state index is 5.60. The van der Waals surface area contributed by atoms with Gasteiger partial charge < -0.3 is 0 Å². The van der Waals surface area contributed by atoms with Crippen molar-refractivity contribution in [2.24, 2.45) is 11.8 Å². The summed E-state index contributed by atoms with van der Waals surface area (Å²) in [6.45, 7) is 2.29. The molecule has 1 rings (SSSR count). The molecule has 2 atom stereocenters. The van der Waals surface area contributed by atoms with Crippen LogP contribution in [-0.2, 0) is 0 Å². The quantitative estimate of drug-likeness (QED) is 0.424. The van der Waals surface area contributed by atoms with Crippen molar-refractivity contribution in [2.45, 2.75) is 45.4 Å². The first-order valence-corrected chi connectivity index (χ1v) is 5.48. The molecule has 0 N–H and O–H groups in total. The van der Waals surface area contributed by atoms with Crippen LogP contribution in [0.5, 0.6) is 0 Å². The molecule has 11 heavy (non-hydrogen) atoms. The van der Waals surface area contributed by atoms with Crippen LogP contribution in [0.15, 0.2) is 0 Å². The zero-order valence-electron chi connectivity index (χ0n) is 7.48. The van der Waals surface area contributed by atoms with Crippen molar-refractivity contribution in [1.29, 1.82) is 0 Å². The van der Waals surface area contributed by atoms with Crippen molar-refractivity contribution in [3.05, 3.63) is 0 Å². The molecule has 66 valence electrons. The Balaban J connectivity index is 1.87. The first-order chi connectivity index (χ1) is 5.38. The Morgan fingerprint density at radius 2 is 1.91 bits per heavy atom. The van der Waals surface area contributed by atoms with Crippen LogP contribution in [0.2, 0.25) is 0 Å². The molecule has 1 heteroatoms. The van der Waals surface area contributed by atoms with Gasteiger partial charge in [0.15, 0.2) is 0 Å². The Kier molecular flexibility index (Phi) is 4.29. The monoisotopic (exact) mass is 174 g/mol. The van der Waals surface area contributed by atoms with Gasteiger partial charge in [-0.2, -0.15) is 0 Å². The van der Waals surface area contributed by atoms with E-state index in [0.29, 0.717) is 0 Å². The van der Waals surface area contributed by atoms with Crippen molar-refractivity contribution in [1.82, 2.24) is 0 Å². The van der Waals surface area contributed by atoms with Crippen LogP contribution in [0.3, 0.4) is 0 Å². The van der Waals surface area contributed by atoms with Gasteiger partial charge in [-0.05, 0) is 24.7 Å². The fraction of sp³-hybridized carbons (Fsp3) is 1.00. The van der Waals surface area contributed by atoms with Crippen molar-refractivity contribution >= 4 is 11.6 Å². The molecule has 1 saturated carbocycles. The summed E-state index contributed by atoms with van der Waals surface area (Å²) in [6, 6.07) is 0. The highest BCUT2D eigenvalue weighted by Crippen LogP contribution is 2.45. The van der Waals surface area contributed by atoms with Crippen LogP contribution in [-0.4, -0.2) is 5.88 Å². The van der Waals surface area contributed by atoms with Crippen LogP contribution in [0, 0.1) is 11.8 Å². The van der Waals surface area contributed by atoms with Crippen molar-refractivity contribution in [3.63, 3.8) is 0 Å². The Hall–Kier alpha value is 0.290. The topological polar surface area (TPSA) is 0 Å². The lowest BCUT2D eigenvalue weighted by atomic mass is 10.1. The third kappa shape index (κ3) is 3.46. The highest BCUT2D eigenvalue weighted by molar-refractivity contribution is 6.17. The SMILES string of the molecule is CCCC1CC1CCCCCl. The second kappa shape index (κ2) is 5.03. The molecule has 0 aliphatic heterocycles. The Morgan fingerprint density at radius 3 is 2.55 bits per heavy atom. The molecular weight excluding hydrogens is 156 g/mol. The Labute approximate surface area is 75.3 Å². The zero-order valence-corrected chi connectivity index (χ0v) is 8.24. The summed E-state index contributed by atoms with van der Waals surface area (Å²) in [5.74, 6) is 3.03. The van der Waals surface area contributed by atoms with E-state index in [0.717, 1.165) is 17.7 Å². The number of halogens is 1. The summed E-state index contributed by atoms with van der Waals surface area (Å²) in [5, 5.41) is 0. The molecule has 0 amide bonds. The smallest absolute Gasteiger partial charge is 0.0223 e. The molecule has 0 saturated heterocycles. The first kappa shape index (κ1) is 9.38. The van der Waals surface area contributed by atoms with E-state index in [1.807, 2.05) is 0 Å². The lowest BCUT2D eigenvalue weighted by Crippen LogP contribution is -1.84. The van der Waals surface area contributed by atoms with Crippen molar-refractivity contribution in [2.75, 3.05) is 5.88 Å². The molecule has 0 bridgehead atoms. The molecule has 0 spiro atoms. The molecule has 0 aromatic rings. The molecular formula is C10H19Cl. The van der Waals surface area contributed by atoms with Crippen LogP contribution in [0.25, 0.3) is 0 Å². The number of hydrogen-bond acceptors (Lipinski definition) is 0. The average Bonchev–Trinajstić information content (AvgIpc) is 2.70. The minimum atomic E-state index is 0.852. The molecule has 1 fully saturated rings. The minimum Gasteiger partial charge on any atom is -0.127 e. The van der Waals surface area contributed by atoms with E-state index >= 15 is 0 Å². The van der Waals surface area contributed by atoms with E-state index in [2.05, 4.69) is 6.92 Å². The number of unbranched alkanes of at least 4 members (excludes halogenated alkanes) is 1. The van der Waals surface area contributed by atoms with Crippen LogP contribution in [0.1, 0.15) is 45.4 Å². The summed E-state index contributed by atoms with van der Waals surface area (Å²) >= 11 is 5.60. The molecule has 1 aliphatic carbocycles. The highest BCUT2D eigenvalue weighted by atomic mass is 35.5. The lowest BCUT2D eigenvalue weighted by molar-refractivity contribution is 0.575. The van der Waals surface area contributed by atoms with Crippen molar-refractivity contribution < 1.29 is 0 Å². The van der Waals surface area contributed by atoms with E-state index in [1.165, 1.54) is 38.5 Å². The van der Waals surface area contributed by atoms with Gasteiger partial charge in [0.05, 0.1) is 0 Å². The van der Waals surface area contributed by atoms with Gasteiger partial charge in [-0.3, -0.25) is 0 Å². The van der Waals surface area contributed by atoms with Gasteiger partial charge >= 0.3 is 0 Å². The zero-order chi connectivity index (χ0) is 8.10. The molecule has 0 aromatic carbocycles. The van der Waals surface area contributed by atoms with Crippen LogP contribution >= 0.6 is 11.6 Å². The van der Waals surface area contributed by atoms with Gasteiger partial charge in [-0.15, -0.1) is 11.6 Å². The van der Waals surface area contributed by atoms with Crippen LogP contribution in [0.4, 0.5) is 0 Å². The predicted molar refractivity (Wildman–Crippen MR) is 51.1 cm³/mol. The minimum absolute atomic E-state index is 0.852. The highest BCUT2D eigenvalue weighted by Gasteiger charge is 2.34. The molecule has 1 aliphatic rings. The lowest BCUT2D eigenvalue weighted by Gasteiger charge is -1.96. The van der Waals surface area contributed by atoms with E-state index in [-0.39, 0.29) is 0 Å². The Bertz CT molecular complexity index is 101. The Morgan fingerprint density at radius 1 is 1.18 bits per heavy atom. The summed E-state index contributed by atoms with van der Waals surface area (Å²) < 4.78 is 0. The van der Waals surface area contributed by atoms with E-state index in [4.69, 9.17) is 11.6 Å². The van der Waals surface area contributed by atoms with Gasteiger partial charge in [0.2, 0.25) is 0 Å². The van der Waals surface area contributed by atoms with Gasteiger partial charge in [-0.1, -0.05) is 32.6 Å². The number of alkyl halides is 1. The molecule has 0 nitrogen and oxygen atoms in total. The van der Waals surface area contributed by atoms with Crippen LogP contribution < -0.4 is 0 Å². The summed E-state index contributed by atoms with van der Waals surface area (Å²) in [7, 11) is 0. The molecule has 2 unspecified atom stereocenters. The molecule has 0 radical (unpaired) electrons. The average molecular weight is 175 g/mol. The third-order valence-electron chi connectivity index (χ3n) is 2.69. The van der Waals surface area contributed by atoms with Gasteiger partial charge in [-0.25, -0.2) is 0 Å². The summed E-state index contributed by atoms with van der Waals surface area (Å²) in [4.78, 5) is 0. The summed E-state index contributed by atoms with van der Waals surface area (Å²) in [5.41, 5.74) is 0. The maximum absolute atomic E-state index is 5.60. The second-order valence-corrected chi connectivity index (χ2v) is 4.11. The maximum Gasteiger partial charge on any atom is 0.0223 e. The fourth-order valence-electron chi connectivity index (χ4n) is 1.89. The molecule has 0 aromatic heterocycles. The van der Waals surface area contributed by atoms with E-state index < -0.39 is 0 Å². The third-order valence-corrected chi connectivity index (χ3v) is 2.95. The number of hydrogen-bond donors (Lipinski definition) is 0. The predicted octanol–water partition coefficient (Wildman–Crippen LogP) is 3.83. The normalized spacial score (nSPS) is 28.9. The first-order valence-electron chi connectivity index (χ1n) is 4.94.